The van der Waals surface area contributed by atoms with Crippen LogP contribution < -0.4 is 10.6 Å². The normalized spacial score (nSPS) is 14.9. The van der Waals surface area contributed by atoms with Crippen molar-refractivity contribution in [1.82, 2.24) is 5.32 Å². The minimum absolute atomic E-state index is 0.0256. The number of hydrogen-bond acceptors (Lipinski definition) is 3. The molecule has 116 valence electrons. The first-order chi connectivity index (χ1) is 9.76. The first-order valence-corrected chi connectivity index (χ1v) is 7.14. The molecule has 1 aromatic carbocycles. The molecule has 0 fully saturated rings. The summed E-state index contributed by atoms with van der Waals surface area (Å²) >= 11 is 0. The quantitative estimate of drug-likeness (QED) is 0.725. The number of rotatable bonds is 5. The highest BCUT2D eigenvalue weighted by Crippen LogP contribution is 2.18. The summed E-state index contributed by atoms with van der Waals surface area (Å²) in [6, 6.07) is 7.20. The zero-order chi connectivity index (χ0) is 16.0. The van der Waals surface area contributed by atoms with Gasteiger partial charge in [-0.2, -0.15) is 0 Å². The molecular weight excluding hydrogens is 268 g/mol. The lowest BCUT2D eigenvalue weighted by Crippen LogP contribution is -2.47. The van der Waals surface area contributed by atoms with Gasteiger partial charge in [-0.15, -0.1) is 0 Å². The van der Waals surface area contributed by atoms with Crippen LogP contribution in [0.1, 0.15) is 32.8 Å². The molecule has 0 saturated carbocycles. The van der Waals surface area contributed by atoms with E-state index in [9.17, 15) is 14.7 Å². The molecule has 0 bridgehead atoms. The van der Waals surface area contributed by atoms with Crippen LogP contribution in [-0.4, -0.2) is 29.1 Å². The third-order valence-corrected chi connectivity index (χ3v) is 3.76. The van der Waals surface area contributed by atoms with E-state index in [-0.39, 0.29) is 12.5 Å². The third kappa shape index (κ3) is 5.19. The summed E-state index contributed by atoms with van der Waals surface area (Å²) in [7, 11) is 0. The molecule has 0 aliphatic rings. The Kier molecular flexibility index (Phi) is 5.90. The average Bonchev–Trinajstić information content (AvgIpc) is 2.43. The molecular formula is C16H24N2O3. The minimum atomic E-state index is -1.03. The summed E-state index contributed by atoms with van der Waals surface area (Å²) in [4.78, 5) is 23.5. The number of aryl methyl sites for hydroxylation is 1. The van der Waals surface area contributed by atoms with Crippen molar-refractivity contribution in [2.45, 2.75) is 39.7 Å². The van der Waals surface area contributed by atoms with Crippen LogP contribution in [0.2, 0.25) is 0 Å². The van der Waals surface area contributed by atoms with E-state index in [2.05, 4.69) is 10.6 Å². The van der Waals surface area contributed by atoms with Crippen molar-refractivity contribution in [3.8, 4) is 0 Å². The van der Waals surface area contributed by atoms with Gasteiger partial charge in [0.15, 0.2) is 0 Å². The number of carbonyl (C=O) groups is 2. The Hall–Kier alpha value is -1.88. The van der Waals surface area contributed by atoms with Crippen LogP contribution in [0, 0.1) is 12.8 Å². The summed E-state index contributed by atoms with van der Waals surface area (Å²) in [6.07, 6.45) is 0.790. The molecule has 2 amide bonds. The largest absolute Gasteiger partial charge is 0.388 e. The molecule has 0 heterocycles. The third-order valence-electron chi connectivity index (χ3n) is 3.76. The lowest BCUT2D eigenvalue weighted by Gasteiger charge is -2.29. The van der Waals surface area contributed by atoms with Gasteiger partial charge in [0, 0.05) is 12.2 Å². The van der Waals surface area contributed by atoms with Gasteiger partial charge in [0.1, 0.15) is 0 Å². The molecule has 1 rings (SSSR count). The van der Waals surface area contributed by atoms with Crippen molar-refractivity contribution in [3.63, 3.8) is 0 Å². The van der Waals surface area contributed by atoms with Crippen molar-refractivity contribution in [3.05, 3.63) is 29.8 Å². The van der Waals surface area contributed by atoms with E-state index in [0.29, 0.717) is 5.69 Å². The van der Waals surface area contributed by atoms with E-state index in [1.165, 1.54) is 0 Å². The highest BCUT2D eigenvalue weighted by Gasteiger charge is 2.28. The average molecular weight is 292 g/mol. The summed E-state index contributed by atoms with van der Waals surface area (Å²) in [5, 5.41) is 15.2. The minimum Gasteiger partial charge on any atom is -0.388 e. The van der Waals surface area contributed by atoms with E-state index in [1.807, 2.05) is 26.8 Å². The Morgan fingerprint density at radius 1 is 1.33 bits per heavy atom. The van der Waals surface area contributed by atoms with Crippen LogP contribution in [0.25, 0.3) is 0 Å². The van der Waals surface area contributed by atoms with Crippen molar-refractivity contribution in [1.29, 1.82) is 0 Å². The predicted octanol–water partition coefficient (Wildman–Crippen LogP) is 1.85. The molecule has 0 saturated heterocycles. The van der Waals surface area contributed by atoms with Crippen LogP contribution in [0.5, 0.6) is 0 Å². The molecule has 0 aliphatic carbocycles. The van der Waals surface area contributed by atoms with E-state index in [1.54, 1.807) is 25.1 Å². The van der Waals surface area contributed by atoms with Crippen molar-refractivity contribution in [2.75, 3.05) is 11.9 Å². The number of benzene rings is 1. The number of hydrogen-bond donors (Lipinski definition) is 3. The molecule has 0 aliphatic heterocycles. The SMILES string of the molecule is CC[C@H](C)[C@](C)(O)CNC(=O)C(=O)Nc1cccc(C)c1. The van der Waals surface area contributed by atoms with Gasteiger partial charge in [-0.3, -0.25) is 9.59 Å². The molecule has 21 heavy (non-hydrogen) atoms. The molecule has 0 unspecified atom stereocenters. The van der Waals surface area contributed by atoms with Crippen LogP contribution in [0.3, 0.4) is 0 Å². The van der Waals surface area contributed by atoms with Crippen LogP contribution >= 0.6 is 0 Å². The van der Waals surface area contributed by atoms with Gasteiger partial charge >= 0.3 is 11.8 Å². The smallest absolute Gasteiger partial charge is 0.313 e. The monoisotopic (exact) mass is 292 g/mol. The summed E-state index contributed by atoms with van der Waals surface area (Å²) in [6.45, 7) is 7.46. The maximum atomic E-state index is 11.8. The zero-order valence-electron chi connectivity index (χ0n) is 13.1. The van der Waals surface area contributed by atoms with Gasteiger partial charge in [0.25, 0.3) is 0 Å². The number of amides is 2. The van der Waals surface area contributed by atoms with E-state index >= 15 is 0 Å². The van der Waals surface area contributed by atoms with Gasteiger partial charge in [-0.1, -0.05) is 32.4 Å². The van der Waals surface area contributed by atoms with Crippen LogP contribution in [0.4, 0.5) is 5.69 Å². The van der Waals surface area contributed by atoms with Crippen LogP contribution in [-0.2, 0) is 9.59 Å². The maximum Gasteiger partial charge on any atom is 0.313 e. The fourth-order valence-corrected chi connectivity index (χ4v) is 1.86. The topological polar surface area (TPSA) is 78.4 Å². The Bertz CT molecular complexity index is 512. The van der Waals surface area contributed by atoms with Gasteiger partial charge in [-0.05, 0) is 37.5 Å². The second kappa shape index (κ2) is 7.22. The fraction of sp³-hybridized carbons (Fsp3) is 0.500. The van der Waals surface area contributed by atoms with E-state index < -0.39 is 17.4 Å². The lowest BCUT2D eigenvalue weighted by atomic mass is 9.89. The molecule has 0 spiro atoms. The molecule has 5 nitrogen and oxygen atoms in total. The Morgan fingerprint density at radius 3 is 2.57 bits per heavy atom. The number of carbonyl (C=O) groups excluding carboxylic acids is 2. The van der Waals surface area contributed by atoms with Crippen molar-refractivity contribution < 1.29 is 14.7 Å². The van der Waals surface area contributed by atoms with Gasteiger partial charge in [0.05, 0.1) is 5.60 Å². The first-order valence-electron chi connectivity index (χ1n) is 7.14. The molecule has 5 heteroatoms. The highest BCUT2D eigenvalue weighted by molar-refractivity contribution is 6.39. The fourth-order valence-electron chi connectivity index (χ4n) is 1.86. The maximum absolute atomic E-state index is 11.8. The Morgan fingerprint density at radius 2 is 2.00 bits per heavy atom. The molecule has 0 aromatic heterocycles. The molecule has 3 N–H and O–H groups in total. The second-order valence-corrected chi connectivity index (χ2v) is 5.67. The lowest BCUT2D eigenvalue weighted by molar-refractivity contribution is -0.137. The standard InChI is InChI=1S/C16H24N2O3/c1-5-12(3)16(4,21)10-17-14(19)15(20)18-13-8-6-7-11(2)9-13/h6-9,12,21H,5,10H2,1-4H3,(H,17,19)(H,18,20)/t12-,16+/m0/s1. The van der Waals surface area contributed by atoms with Crippen molar-refractivity contribution in [2.24, 2.45) is 5.92 Å². The van der Waals surface area contributed by atoms with E-state index in [0.717, 1.165) is 12.0 Å². The van der Waals surface area contributed by atoms with Gasteiger partial charge in [-0.25, -0.2) is 0 Å². The summed E-state index contributed by atoms with van der Waals surface area (Å²) in [5.41, 5.74) is 0.533. The molecule has 2 atom stereocenters. The molecule has 1 aromatic rings. The predicted molar refractivity (Wildman–Crippen MR) is 82.9 cm³/mol. The first kappa shape index (κ1) is 17.2. The number of aliphatic hydroxyl groups is 1. The van der Waals surface area contributed by atoms with Crippen LogP contribution in [0.15, 0.2) is 24.3 Å². The Labute approximate surface area is 125 Å². The highest BCUT2D eigenvalue weighted by atomic mass is 16.3. The molecule has 0 radical (unpaired) electrons. The Balaban J connectivity index is 2.54. The van der Waals surface area contributed by atoms with Gasteiger partial charge in [0.2, 0.25) is 0 Å². The van der Waals surface area contributed by atoms with E-state index in [4.69, 9.17) is 0 Å². The van der Waals surface area contributed by atoms with Crippen molar-refractivity contribution >= 4 is 17.5 Å². The van der Waals surface area contributed by atoms with Gasteiger partial charge < -0.3 is 15.7 Å². The number of nitrogens with one attached hydrogen (secondary N) is 2. The summed E-state index contributed by atoms with van der Waals surface area (Å²) < 4.78 is 0. The second-order valence-electron chi connectivity index (χ2n) is 5.67. The zero-order valence-corrected chi connectivity index (χ0v) is 13.1. The summed E-state index contributed by atoms with van der Waals surface area (Å²) in [5.74, 6) is -1.46. The number of anilines is 1.